The third-order valence-electron chi connectivity index (χ3n) is 5.86. The van der Waals surface area contributed by atoms with E-state index in [2.05, 4.69) is 15.0 Å². The Morgan fingerprint density at radius 3 is 2.44 bits per heavy atom. The van der Waals surface area contributed by atoms with Gasteiger partial charge in [0.25, 0.3) is 0 Å². The number of thioether (sulfide) groups is 1. The first kappa shape index (κ1) is 25.3. The third-order valence-corrected chi connectivity index (χ3v) is 11.2. The fourth-order valence-corrected chi connectivity index (χ4v) is 4.59. The number of rotatable bonds is 5. The summed E-state index contributed by atoms with van der Waals surface area (Å²) >= 11 is 6.93. The molecule has 0 fully saturated rings. The van der Waals surface area contributed by atoms with Crippen molar-refractivity contribution in [3.8, 4) is 5.88 Å². The Balaban J connectivity index is 2.12. The van der Waals surface area contributed by atoms with Crippen LogP contribution in [-0.4, -0.2) is 61.5 Å². The molecule has 0 spiro atoms. The Labute approximate surface area is 194 Å². The van der Waals surface area contributed by atoms with Crippen molar-refractivity contribution in [1.82, 2.24) is 15.0 Å². The Bertz CT molecular complexity index is 1020. The molecule has 2 aromatic rings. The summed E-state index contributed by atoms with van der Waals surface area (Å²) in [7, 11) is -2.20. The fourth-order valence-electron chi connectivity index (χ4n) is 3.02. The van der Waals surface area contributed by atoms with Crippen LogP contribution in [0.3, 0.4) is 0 Å². The normalized spacial score (nSPS) is 17.5. The number of hydrogen-bond acceptors (Lipinski definition) is 7. The molecule has 6 nitrogen and oxygen atoms in total. The predicted molar refractivity (Wildman–Crippen MR) is 120 cm³/mol. The lowest BCUT2D eigenvalue weighted by molar-refractivity contribution is -0.154. The van der Waals surface area contributed by atoms with Gasteiger partial charge in [0.15, 0.2) is 30.5 Å². The number of halogens is 5. The summed E-state index contributed by atoms with van der Waals surface area (Å²) in [6, 6.07) is -2.03. The highest BCUT2D eigenvalue weighted by Gasteiger charge is 2.47. The van der Waals surface area contributed by atoms with Crippen molar-refractivity contribution in [2.75, 3.05) is 30.9 Å². The summed E-state index contributed by atoms with van der Waals surface area (Å²) in [6.07, 6.45) is -2.99. The molecule has 0 saturated carbocycles. The van der Waals surface area contributed by atoms with Crippen LogP contribution in [0.2, 0.25) is 23.3 Å². The van der Waals surface area contributed by atoms with Crippen LogP contribution in [-0.2, 0) is 4.43 Å². The molecular formula is C19H25ClF4N4O2SSi. The van der Waals surface area contributed by atoms with Crippen molar-refractivity contribution in [1.29, 1.82) is 0 Å². The molecule has 3 heterocycles. The number of pyridine rings is 1. The molecule has 0 radical (unpaired) electrons. The molecule has 13 heteroatoms. The van der Waals surface area contributed by atoms with Gasteiger partial charge in [0.05, 0.1) is 6.61 Å². The summed E-state index contributed by atoms with van der Waals surface area (Å²) in [5.41, 5.74) is -0.229. The molecule has 1 aliphatic heterocycles. The number of ether oxygens (including phenoxy) is 1. The summed E-state index contributed by atoms with van der Waals surface area (Å²) in [4.78, 5) is 13.3. The summed E-state index contributed by atoms with van der Waals surface area (Å²) < 4.78 is 68.4. The smallest absolute Gasteiger partial charge is 0.412 e. The standard InChI is InChI=1S/C19H25ClF4N4O2SSi/c1-18(2,3)32(5,6)30-8-7-28-10(19(22,23)24)9-29-16-11-13(12(21)14(20)26-16)25-17(31-4)27-15(11)28/h10H,7-9H2,1-6H3. The van der Waals surface area contributed by atoms with Crippen LogP contribution in [0.15, 0.2) is 5.16 Å². The molecule has 0 bridgehead atoms. The summed E-state index contributed by atoms with van der Waals surface area (Å²) in [6.45, 7) is 9.35. The van der Waals surface area contributed by atoms with Crippen LogP contribution in [0.25, 0.3) is 10.9 Å². The molecule has 1 atom stereocenters. The highest BCUT2D eigenvalue weighted by Crippen LogP contribution is 2.42. The van der Waals surface area contributed by atoms with E-state index < -0.39 is 38.1 Å². The van der Waals surface area contributed by atoms with Crippen molar-refractivity contribution in [3.05, 3.63) is 11.0 Å². The molecule has 1 aliphatic rings. The first-order valence-electron chi connectivity index (χ1n) is 9.88. The number of anilines is 1. The maximum atomic E-state index is 14.8. The van der Waals surface area contributed by atoms with E-state index in [0.717, 1.165) is 16.7 Å². The van der Waals surface area contributed by atoms with Crippen LogP contribution < -0.4 is 9.64 Å². The summed E-state index contributed by atoms with van der Waals surface area (Å²) in [5.74, 6) is -1.26. The lowest BCUT2D eigenvalue weighted by atomic mass is 10.2. The lowest BCUT2D eigenvalue weighted by Crippen LogP contribution is -2.51. The second kappa shape index (κ2) is 8.77. The van der Waals surface area contributed by atoms with Crippen molar-refractivity contribution < 1.29 is 26.7 Å². The monoisotopic (exact) mass is 512 g/mol. The second-order valence-electron chi connectivity index (χ2n) is 8.95. The molecule has 0 saturated heterocycles. The summed E-state index contributed by atoms with van der Waals surface area (Å²) in [5, 5.41) is -0.563. The van der Waals surface area contributed by atoms with E-state index in [-0.39, 0.29) is 45.9 Å². The van der Waals surface area contributed by atoms with Gasteiger partial charge in [-0.05, 0) is 24.4 Å². The average molecular weight is 513 g/mol. The van der Waals surface area contributed by atoms with Gasteiger partial charge in [0.1, 0.15) is 23.3 Å². The molecule has 3 rings (SSSR count). The van der Waals surface area contributed by atoms with Gasteiger partial charge in [-0.1, -0.05) is 44.1 Å². The predicted octanol–water partition coefficient (Wildman–Crippen LogP) is 5.69. The van der Waals surface area contributed by atoms with Crippen molar-refractivity contribution in [2.45, 2.75) is 56.3 Å². The lowest BCUT2D eigenvalue weighted by Gasteiger charge is -2.38. The number of aromatic nitrogens is 3. The molecule has 2 aromatic heterocycles. The van der Waals surface area contributed by atoms with E-state index in [0.29, 0.717) is 0 Å². The number of nitrogens with zero attached hydrogens (tertiary/aromatic N) is 4. The SMILES string of the molecule is CSc1nc2c3c(nc(Cl)c(F)c3n1)OCC(C(F)(F)F)N2CCO[Si](C)(C)C(C)(C)C. The minimum absolute atomic E-state index is 0.0382. The molecule has 32 heavy (non-hydrogen) atoms. The molecule has 1 unspecified atom stereocenters. The van der Waals surface area contributed by atoms with Crippen LogP contribution in [0.4, 0.5) is 23.4 Å². The average Bonchev–Trinajstić information content (AvgIpc) is 2.82. The molecule has 178 valence electrons. The van der Waals surface area contributed by atoms with E-state index in [1.165, 1.54) is 0 Å². The molecule has 0 N–H and O–H groups in total. The third kappa shape index (κ3) is 4.78. The minimum atomic E-state index is -4.64. The zero-order valence-electron chi connectivity index (χ0n) is 18.6. The van der Waals surface area contributed by atoms with Crippen LogP contribution >= 0.6 is 23.4 Å². The van der Waals surface area contributed by atoms with Gasteiger partial charge in [-0.3, -0.25) is 0 Å². The largest absolute Gasteiger partial charge is 0.474 e. The first-order chi connectivity index (χ1) is 14.7. The molecule has 0 aliphatic carbocycles. The van der Waals surface area contributed by atoms with Crippen LogP contribution in [0, 0.1) is 5.82 Å². The van der Waals surface area contributed by atoms with Gasteiger partial charge in [-0.2, -0.15) is 18.2 Å². The fraction of sp³-hybridized carbons (Fsp3) is 0.632. The zero-order chi connectivity index (χ0) is 24.1. The van der Waals surface area contributed by atoms with Crippen LogP contribution in [0.1, 0.15) is 20.8 Å². The van der Waals surface area contributed by atoms with Crippen molar-refractivity contribution in [3.63, 3.8) is 0 Å². The van der Waals surface area contributed by atoms with Crippen molar-refractivity contribution in [2.24, 2.45) is 0 Å². The van der Waals surface area contributed by atoms with Gasteiger partial charge in [-0.25, -0.2) is 14.4 Å². The Hall–Kier alpha value is -1.37. The van der Waals surface area contributed by atoms with E-state index in [4.69, 9.17) is 20.8 Å². The van der Waals surface area contributed by atoms with Crippen molar-refractivity contribution >= 4 is 48.4 Å². The highest BCUT2D eigenvalue weighted by atomic mass is 35.5. The number of hydrogen-bond donors (Lipinski definition) is 0. The van der Waals surface area contributed by atoms with Gasteiger partial charge in [0.2, 0.25) is 5.88 Å². The first-order valence-corrected chi connectivity index (χ1v) is 14.4. The van der Waals surface area contributed by atoms with E-state index in [9.17, 15) is 17.6 Å². The molecule has 0 aromatic carbocycles. The number of alkyl halides is 3. The second-order valence-corrected chi connectivity index (χ2v) is 14.9. The van der Waals surface area contributed by atoms with Gasteiger partial charge in [-0.15, -0.1) is 0 Å². The Kier molecular flexibility index (Phi) is 6.92. The topological polar surface area (TPSA) is 60.4 Å². The van der Waals surface area contributed by atoms with Crippen LogP contribution in [0.5, 0.6) is 5.88 Å². The van der Waals surface area contributed by atoms with E-state index >= 15 is 0 Å². The van der Waals surface area contributed by atoms with E-state index in [1.54, 1.807) is 6.26 Å². The quantitative estimate of drug-likeness (QED) is 0.168. The maximum Gasteiger partial charge on any atom is 0.412 e. The molecular weight excluding hydrogens is 488 g/mol. The maximum absolute atomic E-state index is 14.8. The van der Waals surface area contributed by atoms with Gasteiger partial charge < -0.3 is 14.1 Å². The highest BCUT2D eigenvalue weighted by molar-refractivity contribution is 7.98. The minimum Gasteiger partial charge on any atom is -0.474 e. The van der Waals surface area contributed by atoms with Gasteiger partial charge in [0, 0.05) is 6.54 Å². The molecule has 0 amide bonds. The van der Waals surface area contributed by atoms with Gasteiger partial charge >= 0.3 is 6.18 Å². The Morgan fingerprint density at radius 1 is 1.22 bits per heavy atom. The Morgan fingerprint density at radius 2 is 1.88 bits per heavy atom. The zero-order valence-corrected chi connectivity index (χ0v) is 21.2. The van der Waals surface area contributed by atoms with E-state index in [1.807, 2.05) is 33.9 Å².